The van der Waals surface area contributed by atoms with Crippen LogP contribution in [0.15, 0.2) is 28.7 Å². The third-order valence-electron chi connectivity index (χ3n) is 1.91. The van der Waals surface area contributed by atoms with Crippen molar-refractivity contribution in [1.82, 2.24) is 0 Å². The molecule has 1 fully saturated rings. The summed E-state index contributed by atoms with van der Waals surface area (Å²) in [5.74, 6) is 6.18. The molecular formula is C11H9BrO. The van der Waals surface area contributed by atoms with Crippen LogP contribution in [0.4, 0.5) is 0 Å². The number of ether oxygens (including phenoxy) is 1. The highest BCUT2D eigenvalue weighted by molar-refractivity contribution is 9.10. The molecule has 1 aliphatic heterocycles. The van der Waals surface area contributed by atoms with Crippen molar-refractivity contribution in [3.8, 4) is 11.8 Å². The van der Waals surface area contributed by atoms with Crippen LogP contribution in [0.3, 0.4) is 0 Å². The quantitative estimate of drug-likeness (QED) is 0.499. The SMILES string of the molecule is CC1(C#Cc2ccccc2Br)CO1. The van der Waals surface area contributed by atoms with Crippen molar-refractivity contribution in [3.63, 3.8) is 0 Å². The minimum absolute atomic E-state index is 0.185. The molecule has 0 radical (unpaired) electrons. The van der Waals surface area contributed by atoms with Crippen LogP contribution in [-0.2, 0) is 4.74 Å². The van der Waals surface area contributed by atoms with E-state index in [1.165, 1.54) is 0 Å². The van der Waals surface area contributed by atoms with E-state index in [2.05, 4.69) is 27.8 Å². The Morgan fingerprint density at radius 1 is 1.46 bits per heavy atom. The van der Waals surface area contributed by atoms with Crippen molar-refractivity contribution < 1.29 is 4.74 Å². The van der Waals surface area contributed by atoms with Gasteiger partial charge in [0, 0.05) is 10.0 Å². The van der Waals surface area contributed by atoms with Crippen LogP contribution in [0.2, 0.25) is 0 Å². The molecule has 0 bridgehead atoms. The predicted octanol–water partition coefficient (Wildman–Crippen LogP) is 2.59. The Hall–Kier alpha value is -0.780. The summed E-state index contributed by atoms with van der Waals surface area (Å²) in [6.45, 7) is 2.75. The highest BCUT2D eigenvalue weighted by atomic mass is 79.9. The highest BCUT2D eigenvalue weighted by Gasteiger charge is 2.37. The Morgan fingerprint density at radius 2 is 2.15 bits per heavy atom. The van der Waals surface area contributed by atoms with E-state index in [9.17, 15) is 0 Å². The number of hydrogen-bond donors (Lipinski definition) is 0. The average Bonchev–Trinajstić information content (AvgIpc) is 2.83. The molecule has 0 spiro atoms. The van der Waals surface area contributed by atoms with E-state index >= 15 is 0 Å². The summed E-state index contributed by atoms with van der Waals surface area (Å²) in [6.07, 6.45) is 0. The smallest absolute Gasteiger partial charge is 0.149 e. The van der Waals surface area contributed by atoms with E-state index in [0.717, 1.165) is 16.6 Å². The summed E-state index contributed by atoms with van der Waals surface area (Å²) in [7, 11) is 0. The van der Waals surface area contributed by atoms with Crippen molar-refractivity contribution >= 4 is 15.9 Å². The molecule has 0 N–H and O–H groups in total. The zero-order chi connectivity index (χ0) is 9.31. The molecule has 13 heavy (non-hydrogen) atoms. The molecule has 0 aromatic heterocycles. The van der Waals surface area contributed by atoms with Crippen molar-refractivity contribution in [2.45, 2.75) is 12.5 Å². The Kier molecular flexibility index (Phi) is 2.15. The number of epoxide rings is 1. The number of benzene rings is 1. The third-order valence-corrected chi connectivity index (χ3v) is 2.60. The van der Waals surface area contributed by atoms with Gasteiger partial charge < -0.3 is 4.74 Å². The normalized spacial score (nSPS) is 24.8. The van der Waals surface area contributed by atoms with Crippen molar-refractivity contribution in [2.75, 3.05) is 6.61 Å². The van der Waals surface area contributed by atoms with Gasteiger partial charge in [0.15, 0.2) is 0 Å². The fourth-order valence-corrected chi connectivity index (χ4v) is 1.33. The van der Waals surface area contributed by atoms with Crippen LogP contribution in [-0.4, -0.2) is 12.2 Å². The van der Waals surface area contributed by atoms with Crippen LogP contribution in [0.25, 0.3) is 0 Å². The van der Waals surface area contributed by atoms with Crippen LogP contribution in [0.5, 0.6) is 0 Å². The zero-order valence-electron chi connectivity index (χ0n) is 7.30. The fraction of sp³-hybridized carbons (Fsp3) is 0.273. The maximum Gasteiger partial charge on any atom is 0.149 e. The fourth-order valence-electron chi connectivity index (χ4n) is 0.943. The van der Waals surface area contributed by atoms with Gasteiger partial charge in [-0.15, -0.1) is 0 Å². The molecule has 1 saturated heterocycles. The van der Waals surface area contributed by atoms with Crippen LogP contribution in [0, 0.1) is 11.8 Å². The van der Waals surface area contributed by atoms with Gasteiger partial charge in [0.05, 0.1) is 6.61 Å². The average molecular weight is 237 g/mol. The minimum Gasteiger partial charge on any atom is -0.356 e. The highest BCUT2D eigenvalue weighted by Crippen LogP contribution is 2.24. The zero-order valence-corrected chi connectivity index (χ0v) is 8.89. The Bertz CT molecular complexity index is 383. The second kappa shape index (κ2) is 3.17. The molecule has 1 aromatic carbocycles. The third kappa shape index (κ3) is 2.12. The molecule has 1 nitrogen and oxygen atoms in total. The molecule has 0 aliphatic carbocycles. The van der Waals surface area contributed by atoms with Gasteiger partial charge in [-0.25, -0.2) is 0 Å². The van der Waals surface area contributed by atoms with Crippen molar-refractivity contribution in [2.24, 2.45) is 0 Å². The second-order valence-electron chi connectivity index (χ2n) is 3.25. The molecule has 1 unspecified atom stereocenters. The maximum atomic E-state index is 5.17. The molecule has 66 valence electrons. The van der Waals surface area contributed by atoms with Gasteiger partial charge in [-0.05, 0) is 35.0 Å². The lowest BCUT2D eigenvalue weighted by Crippen LogP contribution is -1.97. The molecule has 2 heteroatoms. The summed E-state index contributed by atoms with van der Waals surface area (Å²) >= 11 is 3.44. The lowest BCUT2D eigenvalue weighted by molar-refractivity contribution is 0.378. The molecule has 1 aliphatic rings. The number of halogens is 1. The van der Waals surface area contributed by atoms with Crippen LogP contribution >= 0.6 is 15.9 Å². The number of rotatable bonds is 0. The van der Waals surface area contributed by atoms with Gasteiger partial charge in [0.2, 0.25) is 0 Å². The largest absolute Gasteiger partial charge is 0.356 e. The summed E-state index contributed by atoms with van der Waals surface area (Å²) in [5, 5.41) is 0. The molecule has 2 rings (SSSR count). The van der Waals surface area contributed by atoms with Gasteiger partial charge in [-0.3, -0.25) is 0 Å². The van der Waals surface area contributed by atoms with Gasteiger partial charge in [0.1, 0.15) is 5.60 Å². The molecule has 0 amide bonds. The topological polar surface area (TPSA) is 12.5 Å². The molecule has 1 aromatic rings. The molecular weight excluding hydrogens is 228 g/mol. The first-order valence-electron chi connectivity index (χ1n) is 4.11. The maximum absolute atomic E-state index is 5.17. The Balaban J connectivity index is 2.25. The molecule has 1 atom stereocenters. The summed E-state index contributed by atoms with van der Waals surface area (Å²) in [5.41, 5.74) is 0.828. The van der Waals surface area contributed by atoms with Gasteiger partial charge in [-0.2, -0.15) is 0 Å². The van der Waals surface area contributed by atoms with Gasteiger partial charge in [-0.1, -0.05) is 24.0 Å². The Morgan fingerprint density at radius 3 is 2.77 bits per heavy atom. The second-order valence-corrected chi connectivity index (χ2v) is 4.10. The Labute approximate surface area is 86.2 Å². The van der Waals surface area contributed by atoms with E-state index in [4.69, 9.17) is 4.74 Å². The minimum atomic E-state index is -0.185. The first-order chi connectivity index (χ1) is 6.20. The van der Waals surface area contributed by atoms with Gasteiger partial charge >= 0.3 is 0 Å². The van der Waals surface area contributed by atoms with E-state index in [1.807, 2.05) is 31.2 Å². The lowest BCUT2D eigenvalue weighted by atomic mass is 10.1. The lowest BCUT2D eigenvalue weighted by Gasteiger charge is -1.94. The summed E-state index contributed by atoms with van der Waals surface area (Å²) < 4.78 is 6.20. The number of hydrogen-bond acceptors (Lipinski definition) is 1. The monoisotopic (exact) mass is 236 g/mol. The van der Waals surface area contributed by atoms with E-state index < -0.39 is 0 Å². The van der Waals surface area contributed by atoms with Crippen LogP contribution in [0.1, 0.15) is 12.5 Å². The molecule has 1 heterocycles. The van der Waals surface area contributed by atoms with E-state index in [-0.39, 0.29) is 5.60 Å². The van der Waals surface area contributed by atoms with Gasteiger partial charge in [0.25, 0.3) is 0 Å². The predicted molar refractivity (Wildman–Crippen MR) is 55.4 cm³/mol. The van der Waals surface area contributed by atoms with Crippen molar-refractivity contribution in [3.05, 3.63) is 34.3 Å². The van der Waals surface area contributed by atoms with E-state index in [0.29, 0.717) is 0 Å². The van der Waals surface area contributed by atoms with E-state index in [1.54, 1.807) is 0 Å². The summed E-state index contributed by atoms with van der Waals surface area (Å²) in [4.78, 5) is 0. The van der Waals surface area contributed by atoms with Crippen LogP contribution < -0.4 is 0 Å². The van der Waals surface area contributed by atoms with Crippen molar-refractivity contribution in [1.29, 1.82) is 0 Å². The molecule has 0 saturated carbocycles. The summed E-state index contributed by atoms with van der Waals surface area (Å²) in [6, 6.07) is 7.93. The first-order valence-corrected chi connectivity index (χ1v) is 4.91. The standard InChI is InChI=1S/C11H9BrO/c1-11(8-13-11)7-6-9-4-2-3-5-10(9)12/h2-5H,8H2,1H3. The first kappa shape index (κ1) is 8.80.